The predicted molar refractivity (Wildman–Crippen MR) is 56.4 cm³/mol. The average molecular weight is 190 g/mol. The van der Waals surface area contributed by atoms with Gasteiger partial charge in [0.2, 0.25) is 0 Å². The first-order chi connectivity index (χ1) is 6.18. The number of fused-ring (bicyclic) bond motifs is 1. The highest BCUT2D eigenvalue weighted by molar-refractivity contribution is 7.71. The van der Waals surface area contributed by atoms with Gasteiger partial charge in [-0.2, -0.15) is 0 Å². The number of aryl methyl sites for hydroxylation is 2. The fourth-order valence-electron chi connectivity index (χ4n) is 1.34. The summed E-state index contributed by atoms with van der Waals surface area (Å²) in [5.74, 6) is 0. The maximum Gasteiger partial charge on any atom is 0.138 e. The van der Waals surface area contributed by atoms with Crippen molar-refractivity contribution in [2.45, 2.75) is 13.8 Å². The largest absolute Gasteiger partial charge is 0.331 e. The van der Waals surface area contributed by atoms with Gasteiger partial charge >= 0.3 is 0 Å². The minimum Gasteiger partial charge on any atom is -0.331 e. The number of H-pyrrole nitrogens is 1. The topological polar surface area (TPSA) is 28.7 Å². The highest BCUT2D eigenvalue weighted by Gasteiger charge is 1.99. The van der Waals surface area contributed by atoms with Crippen molar-refractivity contribution < 1.29 is 0 Å². The van der Waals surface area contributed by atoms with Crippen LogP contribution in [0.2, 0.25) is 0 Å². The van der Waals surface area contributed by atoms with Crippen molar-refractivity contribution in [3.05, 3.63) is 34.1 Å². The van der Waals surface area contributed by atoms with Gasteiger partial charge in [-0.3, -0.25) is 0 Å². The van der Waals surface area contributed by atoms with Crippen LogP contribution in [0.25, 0.3) is 11.0 Å². The van der Waals surface area contributed by atoms with Crippen LogP contribution in [0, 0.1) is 18.5 Å². The second-order valence-electron chi connectivity index (χ2n) is 3.17. The van der Waals surface area contributed by atoms with Gasteiger partial charge in [-0.05, 0) is 37.1 Å². The van der Waals surface area contributed by atoms with Crippen molar-refractivity contribution in [3.63, 3.8) is 0 Å². The first-order valence-corrected chi connectivity index (χ1v) is 4.54. The molecule has 0 aliphatic heterocycles. The molecule has 2 nitrogen and oxygen atoms in total. The van der Waals surface area contributed by atoms with Crippen molar-refractivity contribution in [1.82, 2.24) is 9.97 Å². The Kier molecular flexibility index (Phi) is 1.88. The highest BCUT2D eigenvalue weighted by Crippen LogP contribution is 2.15. The SMILES string of the molecule is Cc1cc2c(C)ccnc2[nH]c1=S. The summed E-state index contributed by atoms with van der Waals surface area (Å²) < 4.78 is 0.769. The molecule has 0 fully saturated rings. The quantitative estimate of drug-likeness (QED) is 0.647. The third-order valence-corrected chi connectivity index (χ3v) is 2.58. The Morgan fingerprint density at radius 2 is 2.08 bits per heavy atom. The third kappa shape index (κ3) is 1.35. The lowest BCUT2D eigenvalue weighted by atomic mass is 10.1. The van der Waals surface area contributed by atoms with Crippen LogP contribution in [0.4, 0.5) is 0 Å². The number of aromatic amines is 1. The van der Waals surface area contributed by atoms with Gasteiger partial charge in [0, 0.05) is 11.6 Å². The van der Waals surface area contributed by atoms with Gasteiger partial charge in [-0.1, -0.05) is 12.2 Å². The molecule has 0 spiro atoms. The summed E-state index contributed by atoms with van der Waals surface area (Å²) in [6, 6.07) is 4.08. The molecule has 2 rings (SSSR count). The minimum absolute atomic E-state index is 0.769. The van der Waals surface area contributed by atoms with Crippen LogP contribution < -0.4 is 0 Å². The Morgan fingerprint density at radius 3 is 2.85 bits per heavy atom. The summed E-state index contributed by atoms with van der Waals surface area (Å²) in [5, 5.41) is 1.15. The van der Waals surface area contributed by atoms with Gasteiger partial charge in [0.05, 0.1) is 0 Å². The van der Waals surface area contributed by atoms with E-state index in [-0.39, 0.29) is 0 Å². The van der Waals surface area contributed by atoms with E-state index in [0.717, 1.165) is 21.2 Å². The lowest BCUT2D eigenvalue weighted by Gasteiger charge is -2.02. The molecule has 2 aromatic heterocycles. The van der Waals surface area contributed by atoms with Gasteiger partial charge in [-0.25, -0.2) is 4.98 Å². The number of hydrogen-bond donors (Lipinski definition) is 1. The van der Waals surface area contributed by atoms with Crippen LogP contribution in [-0.4, -0.2) is 9.97 Å². The molecule has 2 aromatic rings. The zero-order valence-corrected chi connectivity index (χ0v) is 8.40. The van der Waals surface area contributed by atoms with Crippen LogP contribution >= 0.6 is 12.2 Å². The van der Waals surface area contributed by atoms with E-state index in [0.29, 0.717) is 0 Å². The van der Waals surface area contributed by atoms with Crippen molar-refractivity contribution in [2.75, 3.05) is 0 Å². The Labute approximate surface area is 81.6 Å². The van der Waals surface area contributed by atoms with Crippen molar-refractivity contribution in [2.24, 2.45) is 0 Å². The summed E-state index contributed by atoms with van der Waals surface area (Å²) in [6.07, 6.45) is 1.79. The molecule has 0 atom stereocenters. The number of nitrogens with zero attached hydrogens (tertiary/aromatic N) is 1. The zero-order chi connectivity index (χ0) is 9.42. The van der Waals surface area contributed by atoms with Gasteiger partial charge < -0.3 is 4.98 Å². The molecule has 0 bridgehead atoms. The van der Waals surface area contributed by atoms with Crippen LogP contribution in [0.1, 0.15) is 11.1 Å². The molecule has 0 radical (unpaired) electrons. The van der Waals surface area contributed by atoms with E-state index in [9.17, 15) is 0 Å². The van der Waals surface area contributed by atoms with E-state index in [1.165, 1.54) is 5.56 Å². The van der Waals surface area contributed by atoms with Gasteiger partial charge in [0.25, 0.3) is 0 Å². The highest BCUT2D eigenvalue weighted by atomic mass is 32.1. The van der Waals surface area contributed by atoms with E-state index in [1.807, 2.05) is 13.0 Å². The molecule has 1 N–H and O–H groups in total. The number of nitrogens with one attached hydrogen (secondary N) is 1. The third-order valence-electron chi connectivity index (χ3n) is 2.16. The van der Waals surface area contributed by atoms with Gasteiger partial charge in [-0.15, -0.1) is 0 Å². The molecule has 0 aliphatic rings. The predicted octanol–water partition coefficient (Wildman–Crippen LogP) is 2.91. The summed E-state index contributed by atoms with van der Waals surface area (Å²) in [7, 11) is 0. The molecular formula is C10H10N2S. The lowest BCUT2D eigenvalue weighted by Crippen LogP contribution is -1.88. The molecular weight excluding hydrogens is 180 g/mol. The molecule has 0 aliphatic carbocycles. The van der Waals surface area contributed by atoms with Crippen molar-refractivity contribution >= 4 is 23.3 Å². The Balaban J connectivity index is 2.97. The van der Waals surface area contributed by atoms with Crippen LogP contribution in [0.5, 0.6) is 0 Å². The molecule has 0 unspecified atom stereocenters. The Hall–Kier alpha value is -1.22. The maximum absolute atomic E-state index is 5.13. The fraction of sp³-hybridized carbons (Fsp3) is 0.200. The summed E-state index contributed by atoms with van der Waals surface area (Å²) in [5.41, 5.74) is 3.19. The van der Waals surface area contributed by atoms with Crippen LogP contribution in [0.3, 0.4) is 0 Å². The van der Waals surface area contributed by atoms with E-state index >= 15 is 0 Å². The minimum atomic E-state index is 0.769. The number of rotatable bonds is 0. The average Bonchev–Trinajstić information content (AvgIpc) is 2.09. The standard InChI is InChI=1S/C10H10N2S/c1-6-3-4-11-9-8(6)5-7(2)10(13)12-9/h3-5H,1-2H3,(H,11,12,13). The Morgan fingerprint density at radius 1 is 1.31 bits per heavy atom. The smallest absolute Gasteiger partial charge is 0.138 e. The van der Waals surface area contributed by atoms with E-state index < -0.39 is 0 Å². The zero-order valence-electron chi connectivity index (χ0n) is 7.59. The van der Waals surface area contributed by atoms with Gasteiger partial charge in [0.1, 0.15) is 10.3 Å². The molecule has 0 amide bonds. The van der Waals surface area contributed by atoms with Crippen molar-refractivity contribution in [3.8, 4) is 0 Å². The summed E-state index contributed by atoms with van der Waals surface area (Å²) in [4.78, 5) is 7.32. The van der Waals surface area contributed by atoms with E-state index in [2.05, 4.69) is 23.0 Å². The fourth-order valence-corrected chi connectivity index (χ4v) is 1.50. The number of hydrogen-bond acceptors (Lipinski definition) is 2. The molecule has 0 aromatic carbocycles. The molecule has 2 heterocycles. The molecule has 3 heteroatoms. The molecule has 0 saturated carbocycles. The molecule has 0 saturated heterocycles. The number of aromatic nitrogens is 2. The Bertz CT molecular complexity index is 514. The molecule has 13 heavy (non-hydrogen) atoms. The second-order valence-corrected chi connectivity index (χ2v) is 3.58. The number of pyridine rings is 2. The normalized spacial score (nSPS) is 10.6. The first kappa shape index (κ1) is 8.38. The summed E-state index contributed by atoms with van der Waals surface area (Å²) in [6.45, 7) is 4.07. The van der Waals surface area contributed by atoms with Gasteiger partial charge in [0.15, 0.2) is 0 Å². The summed E-state index contributed by atoms with van der Waals surface area (Å²) >= 11 is 5.13. The van der Waals surface area contributed by atoms with Crippen molar-refractivity contribution in [1.29, 1.82) is 0 Å². The second kappa shape index (κ2) is 2.92. The first-order valence-electron chi connectivity index (χ1n) is 4.14. The molecule has 66 valence electrons. The maximum atomic E-state index is 5.13. The van der Waals surface area contributed by atoms with Crippen LogP contribution in [-0.2, 0) is 0 Å². The van der Waals surface area contributed by atoms with Crippen LogP contribution in [0.15, 0.2) is 18.3 Å². The van der Waals surface area contributed by atoms with E-state index in [1.54, 1.807) is 6.20 Å². The lowest BCUT2D eigenvalue weighted by molar-refractivity contribution is 1.22. The monoisotopic (exact) mass is 190 g/mol. The van der Waals surface area contributed by atoms with E-state index in [4.69, 9.17) is 12.2 Å².